The van der Waals surface area contributed by atoms with E-state index in [1.54, 1.807) is 4.90 Å². The van der Waals surface area contributed by atoms with Crippen LogP contribution in [0.5, 0.6) is 0 Å². The normalized spacial score (nSPS) is 22.2. The molecule has 0 aromatic heterocycles. The van der Waals surface area contributed by atoms with Crippen molar-refractivity contribution in [3.8, 4) is 0 Å². The Balaban J connectivity index is 2.50. The Morgan fingerprint density at radius 3 is 2.75 bits per heavy atom. The second kappa shape index (κ2) is 6.70. The van der Waals surface area contributed by atoms with Gasteiger partial charge in [0.2, 0.25) is 0 Å². The van der Waals surface area contributed by atoms with Gasteiger partial charge in [-0.05, 0) is 19.9 Å². The molecule has 0 radical (unpaired) electrons. The highest BCUT2D eigenvalue weighted by atomic mass is 16.6. The summed E-state index contributed by atoms with van der Waals surface area (Å²) >= 11 is 0. The highest BCUT2D eigenvalue weighted by Gasteiger charge is 2.28. The van der Waals surface area contributed by atoms with E-state index >= 15 is 0 Å². The predicted octanol–water partition coefficient (Wildman–Crippen LogP) is 0.531. The Bertz CT molecular complexity index is 223. The summed E-state index contributed by atoms with van der Waals surface area (Å²) in [5.74, 6) is 0. The smallest absolute Gasteiger partial charge is 0.409 e. The number of ether oxygens (including phenoxy) is 1. The van der Waals surface area contributed by atoms with Gasteiger partial charge in [0, 0.05) is 32.3 Å². The van der Waals surface area contributed by atoms with Crippen molar-refractivity contribution in [3.63, 3.8) is 0 Å². The third-order valence-corrected chi connectivity index (χ3v) is 3.00. The lowest BCUT2D eigenvalue weighted by Gasteiger charge is -2.40. The van der Waals surface area contributed by atoms with Crippen LogP contribution in [0.3, 0.4) is 0 Å². The minimum Gasteiger partial charge on any atom is -0.450 e. The number of likely N-dealkylation sites (N-methyl/N-ethyl adjacent to an activating group) is 1. The number of aliphatic hydroxyl groups is 1. The maximum absolute atomic E-state index is 11.6. The molecule has 1 heterocycles. The molecule has 16 heavy (non-hydrogen) atoms. The summed E-state index contributed by atoms with van der Waals surface area (Å²) in [5, 5.41) is 9.00. The van der Waals surface area contributed by atoms with Gasteiger partial charge in [0.1, 0.15) is 0 Å². The topological polar surface area (TPSA) is 53.0 Å². The van der Waals surface area contributed by atoms with Crippen molar-refractivity contribution >= 4 is 6.09 Å². The van der Waals surface area contributed by atoms with Crippen molar-refractivity contribution in [3.05, 3.63) is 0 Å². The molecule has 1 aliphatic heterocycles. The van der Waals surface area contributed by atoms with E-state index in [4.69, 9.17) is 9.84 Å². The SMILES string of the molecule is CCOC(=O)N1CCN(CC)C(CCO)C1. The Morgan fingerprint density at radius 1 is 1.44 bits per heavy atom. The Labute approximate surface area is 97.0 Å². The van der Waals surface area contributed by atoms with Crippen molar-refractivity contribution in [2.45, 2.75) is 26.3 Å². The van der Waals surface area contributed by atoms with Crippen molar-refractivity contribution < 1.29 is 14.6 Å². The number of hydrogen-bond acceptors (Lipinski definition) is 4. The van der Waals surface area contributed by atoms with Crippen molar-refractivity contribution in [2.24, 2.45) is 0 Å². The molecule has 1 aliphatic rings. The van der Waals surface area contributed by atoms with Gasteiger partial charge in [-0.3, -0.25) is 4.90 Å². The Morgan fingerprint density at radius 2 is 2.19 bits per heavy atom. The molecular formula is C11H22N2O3. The van der Waals surface area contributed by atoms with Crippen LogP contribution in [-0.2, 0) is 4.74 Å². The van der Waals surface area contributed by atoms with Crippen LogP contribution in [0.2, 0.25) is 0 Å². The number of carbonyl (C=O) groups is 1. The standard InChI is InChI=1S/C11H22N2O3/c1-3-12-6-7-13(11(15)16-4-2)9-10(12)5-8-14/h10,14H,3-9H2,1-2H3. The van der Waals surface area contributed by atoms with Gasteiger partial charge in [0.15, 0.2) is 0 Å². The van der Waals surface area contributed by atoms with Crippen molar-refractivity contribution in [2.75, 3.05) is 39.4 Å². The van der Waals surface area contributed by atoms with Crippen molar-refractivity contribution in [1.29, 1.82) is 0 Å². The molecule has 0 aromatic rings. The lowest BCUT2D eigenvalue weighted by Crippen LogP contribution is -2.54. The summed E-state index contributed by atoms with van der Waals surface area (Å²) in [6.45, 7) is 7.69. The van der Waals surface area contributed by atoms with Crippen molar-refractivity contribution in [1.82, 2.24) is 9.80 Å². The number of carbonyl (C=O) groups excluding carboxylic acids is 1. The molecule has 94 valence electrons. The van der Waals surface area contributed by atoms with E-state index < -0.39 is 0 Å². The minimum atomic E-state index is -0.235. The second-order valence-corrected chi connectivity index (χ2v) is 3.94. The lowest BCUT2D eigenvalue weighted by molar-refractivity contribution is 0.0463. The molecule has 1 saturated heterocycles. The average molecular weight is 230 g/mol. The predicted molar refractivity (Wildman–Crippen MR) is 61.3 cm³/mol. The zero-order chi connectivity index (χ0) is 12.0. The molecule has 5 heteroatoms. The molecule has 1 N–H and O–H groups in total. The number of hydrogen-bond donors (Lipinski definition) is 1. The fourth-order valence-electron chi connectivity index (χ4n) is 2.11. The molecule has 5 nitrogen and oxygen atoms in total. The van der Waals surface area contributed by atoms with Gasteiger partial charge in [-0.15, -0.1) is 0 Å². The third kappa shape index (κ3) is 3.35. The molecular weight excluding hydrogens is 208 g/mol. The second-order valence-electron chi connectivity index (χ2n) is 3.94. The van der Waals surface area contributed by atoms with Crippen LogP contribution in [-0.4, -0.2) is 66.4 Å². The van der Waals surface area contributed by atoms with Crippen LogP contribution in [0.25, 0.3) is 0 Å². The summed E-state index contributed by atoms with van der Waals surface area (Å²) in [4.78, 5) is 15.6. The van der Waals surface area contributed by atoms with Crippen LogP contribution in [0.1, 0.15) is 20.3 Å². The van der Waals surface area contributed by atoms with Crippen LogP contribution in [0.4, 0.5) is 4.79 Å². The number of piperazine rings is 1. The maximum atomic E-state index is 11.6. The fraction of sp³-hybridized carbons (Fsp3) is 0.909. The highest BCUT2D eigenvalue weighted by molar-refractivity contribution is 5.67. The first-order valence-corrected chi connectivity index (χ1v) is 5.99. The highest BCUT2D eigenvalue weighted by Crippen LogP contribution is 2.13. The van der Waals surface area contributed by atoms with Gasteiger partial charge in [0.05, 0.1) is 6.61 Å². The number of aliphatic hydroxyl groups excluding tert-OH is 1. The molecule has 1 unspecified atom stereocenters. The third-order valence-electron chi connectivity index (χ3n) is 3.00. The maximum Gasteiger partial charge on any atom is 0.409 e. The van der Waals surface area contributed by atoms with E-state index in [9.17, 15) is 4.79 Å². The summed E-state index contributed by atoms with van der Waals surface area (Å²) in [6, 6.07) is 0.258. The Hall–Kier alpha value is -0.810. The number of rotatable bonds is 4. The molecule has 0 spiro atoms. The lowest BCUT2D eigenvalue weighted by atomic mass is 10.1. The van der Waals surface area contributed by atoms with Crippen LogP contribution >= 0.6 is 0 Å². The van der Waals surface area contributed by atoms with E-state index in [-0.39, 0.29) is 18.7 Å². The molecule has 0 bridgehead atoms. The summed E-state index contributed by atoms with van der Waals surface area (Å²) < 4.78 is 4.98. The van der Waals surface area contributed by atoms with Gasteiger partial charge < -0.3 is 14.7 Å². The van der Waals surface area contributed by atoms with E-state index in [0.29, 0.717) is 26.1 Å². The Kier molecular flexibility index (Phi) is 5.55. The zero-order valence-electron chi connectivity index (χ0n) is 10.2. The van der Waals surface area contributed by atoms with E-state index in [0.717, 1.165) is 13.1 Å². The summed E-state index contributed by atoms with van der Waals surface area (Å²) in [5.41, 5.74) is 0. The average Bonchev–Trinajstić information content (AvgIpc) is 2.29. The van der Waals surface area contributed by atoms with Gasteiger partial charge in [-0.2, -0.15) is 0 Å². The van der Waals surface area contributed by atoms with E-state index in [2.05, 4.69) is 11.8 Å². The first kappa shape index (κ1) is 13.3. The first-order valence-electron chi connectivity index (χ1n) is 5.99. The van der Waals surface area contributed by atoms with Crippen LogP contribution in [0, 0.1) is 0 Å². The first-order chi connectivity index (χ1) is 7.72. The zero-order valence-corrected chi connectivity index (χ0v) is 10.2. The van der Waals surface area contributed by atoms with Crippen LogP contribution in [0.15, 0.2) is 0 Å². The van der Waals surface area contributed by atoms with Gasteiger partial charge in [-0.25, -0.2) is 4.79 Å². The quantitative estimate of drug-likeness (QED) is 0.765. The minimum absolute atomic E-state index is 0.165. The molecule has 0 aliphatic carbocycles. The molecule has 1 rings (SSSR count). The molecule has 0 saturated carbocycles. The van der Waals surface area contributed by atoms with Gasteiger partial charge in [0.25, 0.3) is 0 Å². The monoisotopic (exact) mass is 230 g/mol. The summed E-state index contributed by atoms with van der Waals surface area (Å²) in [7, 11) is 0. The molecule has 1 fully saturated rings. The largest absolute Gasteiger partial charge is 0.450 e. The number of nitrogens with zero attached hydrogens (tertiary/aromatic N) is 2. The van der Waals surface area contributed by atoms with E-state index in [1.807, 2.05) is 6.92 Å². The van der Waals surface area contributed by atoms with E-state index in [1.165, 1.54) is 0 Å². The molecule has 0 aromatic carbocycles. The molecule has 1 atom stereocenters. The van der Waals surface area contributed by atoms with Gasteiger partial charge >= 0.3 is 6.09 Å². The fourth-order valence-corrected chi connectivity index (χ4v) is 2.11. The van der Waals surface area contributed by atoms with Gasteiger partial charge in [-0.1, -0.05) is 6.92 Å². The summed E-state index contributed by atoms with van der Waals surface area (Å²) in [6.07, 6.45) is 0.477. The van der Waals surface area contributed by atoms with Crippen LogP contribution < -0.4 is 0 Å². The number of amides is 1. The molecule has 1 amide bonds.